The molecule has 0 aliphatic heterocycles. The molecule has 8 rings (SSSR count). The molecular weight excluding hydrogens is 531 g/mol. The second kappa shape index (κ2) is 9.46. The molecule has 0 bridgehead atoms. The van der Waals surface area contributed by atoms with Gasteiger partial charge in [-0.3, -0.25) is 0 Å². The third-order valence-corrected chi connectivity index (χ3v) is 9.25. The Morgan fingerprint density at radius 1 is 0.500 bits per heavy atom. The van der Waals surface area contributed by atoms with E-state index in [9.17, 15) is 10.5 Å². The Bertz CT molecular complexity index is 2390. The maximum Gasteiger partial charge on any atom is 0.101 e. The fourth-order valence-electron chi connectivity index (χ4n) is 6.22. The lowest BCUT2D eigenvalue weighted by Crippen LogP contribution is -2.01. The lowest BCUT2D eigenvalue weighted by atomic mass is 9.92. The second-order valence-electron chi connectivity index (χ2n) is 10.4. The first-order valence-electron chi connectivity index (χ1n) is 13.7. The summed E-state index contributed by atoms with van der Waals surface area (Å²) in [6, 6.07) is 48.5. The molecular formula is C38H21N3S. The highest BCUT2D eigenvalue weighted by Gasteiger charge is 2.21. The molecule has 42 heavy (non-hydrogen) atoms. The van der Waals surface area contributed by atoms with Crippen molar-refractivity contribution >= 4 is 53.3 Å². The highest BCUT2D eigenvalue weighted by molar-refractivity contribution is 7.25. The maximum atomic E-state index is 10.4. The minimum absolute atomic E-state index is 0.369. The molecule has 0 atom stereocenters. The number of fused-ring (bicyclic) bond motifs is 6. The van der Waals surface area contributed by atoms with E-state index in [2.05, 4.69) is 108 Å². The molecule has 0 amide bonds. The van der Waals surface area contributed by atoms with Crippen LogP contribution >= 0.6 is 11.3 Å². The standard InChI is InChI=1S/C38H21N3S/c39-22-27-16-18-35(41-33-13-4-1-10-28(33)29-11-2-5-14-34(29)41)38(32(27)23-40)26-9-7-8-24(20-26)25-17-19-37-31(21-25)30-12-3-6-15-36(30)42-37/h1-21H. The van der Waals surface area contributed by atoms with Crippen LogP contribution in [0.3, 0.4) is 0 Å². The summed E-state index contributed by atoms with van der Waals surface area (Å²) in [6.45, 7) is 0. The normalized spacial score (nSPS) is 11.3. The number of hydrogen-bond donors (Lipinski definition) is 0. The summed E-state index contributed by atoms with van der Waals surface area (Å²) < 4.78 is 4.76. The number of benzene rings is 6. The summed E-state index contributed by atoms with van der Waals surface area (Å²) in [6.07, 6.45) is 0. The van der Waals surface area contributed by atoms with E-state index < -0.39 is 0 Å². The zero-order valence-corrected chi connectivity index (χ0v) is 23.2. The average molecular weight is 552 g/mol. The second-order valence-corrected chi connectivity index (χ2v) is 11.4. The van der Waals surface area contributed by atoms with E-state index >= 15 is 0 Å². The van der Waals surface area contributed by atoms with Gasteiger partial charge in [0.1, 0.15) is 12.1 Å². The summed E-state index contributed by atoms with van der Waals surface area (Å²) in [7, 11) is 0. The maximum absolute atomic E-state index is 10.4. The van der Waals surface area contributed by atoms with Gasteiger partial charge in [-0.2, -0.15) is 10.5 Å². The summed E-state index contributed by atoms with van der Waals surface area (Å²) in [5.74, 6) is 0. The van der Waals surface area contributed by atoms with Crippen molar-refractivity contribution in [3.63, 3.8) is 0 Å². The number of thiophene rings is 1. The largest absolute Gasteiger partial charge is 0.309 e. The molecule has 0 unspecified atom stereocenters. The first-order valence-corrected chi connectivity index (χ1v) is 14.5. The third kappa shape index (κ3) is 3.57. The van der Waals surface area contributed by atoms with Gasteiger partial charge in [0.2, 0.25) is 0 Å². The van der Waals surface area contributed by atoms with Crippen molar-refractivity contribution in [3.05, 3.63) is 139 Å². The zero-order chi connectivity index (χ0) is 28.2. The van der Waals surface area contributed by atoms with E-state index in [4.69, 9.17) is 0 Å². The molecule has 0 aliphatic carbocycles. The molecule has 8 aromatic rings. The average Bonchev–Trinajstić information content (AvgIpc) is 3.59. The Morgan fingerprint density at radius 3 is 1.88 bits per heavy atom. The van der Waals surface area contributed by atoms with Crippen molar-refractivity contribution in [2.45, 2.75) is 0 Å². The highest BCUT2D eigenvalue weighted by Crippen LogP contribution is 2.41. The fourth-order valence-corrected chi connectivity index (χ4v) is 7.31. The SMILES string of the molecule is N#Cc1ccc(-n2c3ccccc3c3ccccc32)c(-c2cccc(-c3ccc4sc5ccccc5c4c3)c2)c1C#N. The van der Waals surface area contributed by atoms with Gasteiger partial charge in [-0.1, -0.05) is 78.9 Å². The van der Waals surface area contributed by atoms with Gasteiger partial charge in [-0.25, -0.2) is 0 Å². The quantitative estimate of drug-likeness (QED) is 0.219. The first-order chi connectivity index (χ1) is 20.7. The van der Waals surface area contributed by atoms with Crippen LogP contribution in [0, 0.1) is 22.7 Å². The molecule has 3 nitrogen and oxygen atoms in total. The van der Waals surface area contributed by atoms with Crippen LogP contribution in [0.2, 0.25) is 0 Å². The van der Waals surface area contributed by atoms with E-state index in [1.165, 1.54) is 20.2 Å². The lowest BCUT2D eigenvalue weighted by molar-refractivity contribution is 1.18. The number of para-hydroxylation sites is 2. The van der Waals surface area contributed by atoms with Crippen molar-refractivity contribution in [2.24, 2.45) is 0 Å². The molecule has 0 saturated heterocycles. The van der Waals surface area contributed by atoms with Gasteiger partial charge >= 0.3 is 0 Å². The Balaban J connectivity index is 1.40. The topological polar surface area (TPSA) is 52.5 Å². The smallest absolute Gasteiger partial charge is 0.101 e. The predicted molar refractivity (Wildman–Crippen MR) is 174 cm³/mol. The number of rotatable bonds is 3. The number of nitrogens with zero attached hydrogens (tertiary/aromatic N) is 3. The molecule has 2 heterocycles. The highest BCUT2D eigenvalue weighted by atomic mass is 32.1. The van der Waals surface area contributed by atoms with Crippen LogP contribution in [0.25, 0.3) is 69.9 Å². The van der Waals surface area contributed by atoms with Crippen molar-refractivity contribution in [1.82, 2.24) is 4.57 Å². The van der Waals surface area contributed by atoms with Crippen LogP contribution in [0.15, 0.2) is 127 Å². The first kappa shape index (κ1) is 24.1. The van der Waals surface area contributed by atoms with E-state index in [0.29, 0.717) is 11.1 Å². The van der Waals surface area contributed by atoms with Crippen LogP contribution in [0.1, 0.15) is 11.1 Å². The van der Waals surface area contributed by atoms with Crippen molar-refractivity contribution < 1.29 is 0 Å². The van der Waals surface area contributed by atoms with E-state index in [1.54, 1.807) is 6.07 Å². The molecule has 0 aliphatic rings. The minimum Gasteiger partial charge on any atom is -0.309 e. The molecule has 2 aromatic heterocycles. The van der Waals surface area contributed by atoms with Crippen LogP contribution in [0.5, 0.6) is 0 Å². The van der Waals surface area contributed by atoms with Crippen molar-refractivity contribution in [3.8, 4) is 40.1 Å². The van der Waals surface area contributed by atoms with Crippen LogP contribution < -0.4 is 0 Å². The molecule has 0 spiro atoms. The van der Waals surface area contributed by atoms with Gasteiger partial charge in [0.05, 0.1) is 27.8 Å². The summed E-state index contributed by atoms with van der Waals surface area (Å²) >= 11 is 1.81. The lowest BCUT2D eigenvalue weighted by Gasteiger charge is -2.17. The predicted octanol–water partition coefficient (Wildman–Crippen LogP) is 10.2. The summed E-state index contributed by atoms with van der Waals surface area (Å²) in [5, 5.41) is 25.2. The van der Waals surface area contributed by atoms with Gasteiger partial charge in [0.15, 0.2) is 0 Å². The monoisotopic (exact) mass is 551 g/mol. The van der Waals surface area contributed by atoms with Crippen LogP contribution in [-0.2, 0) is 0 Å². The van der Waals surface area contributed by atoms with Gasteiger partial charge in [0, 0.05) is 36.5 Å². The van der Waals surface area contributed by atoms with Gasteiger partial charge in [0.25, 0.3) is 0 Å². The molecule has 194 valence electrons. The summed E-state index contributed by atoms with van der Waals surface area (Å²) in [5.41, 5.74) is 7.56. The molecule has 0 saturated carbocycles. The molecule has 6 aromatic carbocycles. The van der Waals surface area contributed by atoms with Crippen LogP contribution in [0.4, 0.5) is 0 Å². The Kier molecular flexibility index (Phi) is 5.44. The van der Waals surface area contributed by atoms with Gasteiger partial charge in [-0.15, -0.1) is 11.3 Å². The minimum atomic E-state index is 0.369. The van der Waals surface area contributed by atoms with Crippen LogP contribution in [-0.4, -0.2) is 4.57 Å². The summed E-state index contributed by atoms with van der Waals surface area (Å²) in [4.78, 5) is 0. The van der Waals surface area contributed by atoms with Crippen molar-refractivity contribution in [2.75, 3.05) is 0 Å². The number of aromatic nitrogens is 1. The Morgan fingerprint density at radius 2 is 1.14 bits per heavy atom. The van der Waals surface area contributed by atoms with Gasteiger partial charge in [-0.05, 0) is 65.2 Å². The van der Waals surface area contributed by atoms with Gasteiger partial charge < -0.3 is 4.57 Å². The molecule has 4 heteroatoms. The Labute approximate surface area is 246 Å². The third-order valence-electron chi connectivity index (χ3n) is 8.10. The number of nitriles is 2. The van der Waals surface area contributed by atoms with E-state index in [0.717, 1.165) is 49.7 Å². The van der Waals surface area contributed by atoms with Crippen molar-refractivity contribution in [1.29, 1.82) is 10.5 Å². The molecule has 0 fully saturated rings. The Hall–Kier alpha value is -5.68. The number of hydrogen-bond acceptors (Lipinski definition) is 3. The molecule has 0 N–H and O–H groups in total. The fraction of sp³-hybridized carbons (Fsp3) is 0. The zero-order valence-electron chi connectivity index (χ0n) is 22.4. The van der Waals surface area contributed by atoms with E-state index in [1.807, 2.05) is 41.7 Å². The molecule has 0 radical (unpaired) electrons. The van der Waals surface area contributed by atoms with E-state index in [-0.39, 0.29) is 0 Å².